The van der Waals surface area contributed by atoms with Crippen LogP contribution in [0.1, 0.15) is 12.5 Å². The summed E-state index contributed by atoms with van der Waals surface area (Å²) in [7, 11) is 1.59. The maximum atomic E-state index is 13.2. The zero-order valence-corrected chi connectivity index (χ0v) is 18.2. The first-order valence-electron chi connectivity index (χ1n) is 10.6. The number of hydrogen-bond donors (Lipinski definition) is 1. The fourth-order valence-corrected chi connectivity index (χ4v) is 3.70. The monoisotopic (exact) mass is 430 g/mol. The van der Waals surface area contributed by atoms with Crippen molar-refractivity contribution in [3.63, 3.8) is 0 Å². The third kappa shape index (κ3) is 4.48. The second-order valence-electron chi connectivity index (χ2n) is 7.57. The first-order chi connectivity index (χ1) is 15.6. The number of hydrogen-bond acceptors (Lipinski definition) is 4. The topological polar surface area (TPSA) is 78.2 Å². The molecule has 0 atom stereocenters. The lowest BCUT2D eigenvalue weighted by atomic mass is 10.1. The van der Waals surface area contributed by atoms with E-state index in [2.05, 4.69) is 17.2 Å². The van der Waals surface area contributed by atoms with E-state index in [1.54, 1.807) is 11.7 Å². The van der Waals surface area contributed by atoms with Crippen molar-refractivity contribution in [1.29, 1.82) is 0 Å². The van der Waals surface area contributed by atoms with Gasteiger partial charge in [0.25, 0.3) is 5.56 Å². The minimum Gasteiger partial charge on any atom is -0.383 e. The van der Waals surface area contributed by atoms with Crippen LogP contribution in [0.5, 0.6) is 0 Å². The van der Waals surface area contributed by atoms with Crippen LogP contribution < -0.4 is 10.9 Å². The summed E-state index contributed by atoms with van der Waals surface area (Å²) < 4.78 is 8.31. The van der Waals surface area contributed by atoms with Crippen molar-refractivity contribution < 1.29 is 9.53 Å². The van der Waals surface area contributed by atoms with Gasteiger partial charge in [-0.15, -0.1) is 0 Å². The molecule has 0 spiro atoms. The molecule has 0 aliphatic carbocycles. The minimum absolute atomic E-state index is 0.00404. The number of carbonyl (C=O) groups is 1. The van der Waals surface area contributed by atoms with Gasteiger partial charge in [-0.2, -0.15) is 0 Å². The maximum absolute atomic E-state index is 13.2. The molecule has 7 heteroatoms. The second kappa shape index (κ2) is 9.62. The lowest BCUT2D eigenvalue weighted by Gasteiger charge is -2.09. The summed E-state index contributed by atoms with van der Waals surface area (Å²) >= 11 is 0. The predicted molar refractivity (Wildman–Crippen MR) is 126 cm³/mol. The molecule has 0 unspecified atom stereocenters. The number of carbonyl (C=O) groups excluding carboxylic acids is 1. The molecule has 0 aliphatic heterocycles. The molecule has 32 heavy (non-hydrogen) atoms. The van der Waals surface area contributed by atoms with E-state index in [0.717, 1.165) is 23.2 Å². The predicted octanol–water partition coefficient (Wildman–Crippen LogP) is 3.71. The lowest BCUT2D eigenvalue weighted by molar-refractivity contribution is -0.116. The van der Waals surface area contributed by atoms with Crippen LogP contribution in [0.4, 0.5) is 5.69 Å². The van der Waals surface area contributed by atoms with Crippen LogP contribution in [0, 0.1) is 0 Å². The number of fused-ring (bicyclic) bond motifs is 1. The molecule has 2 heterocycles. The molecule has 2 aromatic heterocycles. The molecule has 4 rings (SSSR count). The number of aromatic nitrogens is 3. The van der Waals surface area contributed by atoms with Crippen LogP contribution >= 0.6 is 0 Å². The van der Waals surface area contributed by atoms with Gasteiger partial charge < -0.3 is 14.6 Å². The second-order valence-corrected chi connectivity index (χ2v) is 7.57. The van der Waals surface area contributed by atoms with Crippen LogP contribution in [-0.4, -0.2) is 33.7 Å². The normalized spacial score (nSPS) is 11.1. The summed E-state index contributed by atoms with van der Waals surface area (Å²) in [6.45, 7) is 2.88. The molecular weight excluding hydrogens is 404 g/mol. The molecule has 1 N–H and O–H groups in total. The van der Waals surface area contributed by atoms with E-state index in [9.17, 15) is 9.59 Å². The summed E-state index contributed by atoms with van der Waals surface area (Å²) in [6, 6.07) is 17.5. The Morgan fingerprint density at radius 3 is 2.50 bits per heavy atom. The highest BCUT2D eigenvalue weighted by Crippen LogP contribution is 2.27. The van der Waals surface area contributed by atoms with Gasteiger partial charge in [0.15, 0.2) is 0 Å². The Morgan fingerprint density at radius 1 is 1.06 bits per heavy atom. The Balaban J connectivity index is 1.71. The smallest absolute Gasteiger partial charge is 0.277 e. The molecule has 0 fully saturated rings. The zero-order valence-electron chi connectivity index (χ0n) is 18.2. The molecule has 1 amide bonds. The Kier molecular flexibility index (Phi) is 6.47. The molecule has 164 valence electrons. The van der Waals surface area contributed by atoms with Gasteiger partial charge in [-0.1, -0.05) is 49.4 Å². The fourth-order valence-electron chi connectivity index (χ4n) is 3.70. The van der Waals surface area contributed by atoms with Crippen LogP contribution in [0.25, 0.3) is 22.2 Å². The van der Waals surface area contributed by atoms with Crippen LogP contribution in [0.15, 0.2) is 71.9 Å². The van der Waals surface area contributed by atoms with Crippen molar-refractivity contribution >= 4 is 22.6 Å². The Labute approximate surface area is 186 Å². The van der Waals surface area contributed by atoms with Gasteiger partial charge in [0, 0.05) is 24.6 Å². The summed E-state index contributed by atoms with van der Waals surface area (Å²) in [6.07, 6.45) is 4.30. The number of nitrogens with zero attached hydrogens (tertiary/aromatic N) is 3. The van der Waals surface area contributed by atoms with E-state index in [4.69, 9.17) is 4.74 Å². The van der Waals surface area contributed by atoms with Crippen molar-refractivity contribution in [2.45, 2.75) is 26.4 Å². The number of amides is 1. The zero-order chi connectivity index (χ0) is 22.5. The maximum Gasteiger partial charge on any atom is 0.277 e. The Bertz CT molecular complexity index is 1270. The number of aryl methyl sites for hydroxylation is 1. The van der Waals surface area contributed by atoms with Gasteiger partial charge in [-0.25, -0.2) is 4.98 Å². The van der Waals surface area contributed by atoms with E-state index in [1.165, 1.54) is 16.5 Å². The number of ether oxygens (including phenoxy) is 1. The first kappa shape index (κ1) is 21.5. The molecule has 0 saturated heterocycles. The number of nitrogens with one attached hydrogen (secondary N) is 1. The van der Waals surface area contributed by atoms with Gasteiger partial charge in [-0.3, -0.25) is 14.2 Å². The summed E-state index contributed by atoms with van der Waals surface area (Å²) in [4.78, 5) is 30.6. The number of benzene rings is 2. The number of methoxy groups -OCH3 is 1. The van der Waals surface area contributed by atoms with Gasteiger partial charge in [0.2, 0.25) is 5.91 Å². The summed E-state index contributed by atoms with van der Waals surface area (Å²) in [5, 5.41) is 2.91. The third-order valence-electron chi connectivity index (χ3n) is 5.42. The first-order valence-corrected chi connectivity index (χ1v) is 10.6. The van der Waals surface area contributed by atoms with Crippen molar-refractivity contribution in [1.82, 2.24) is 14.1 Å². The molecule has 7 nitrogen and oxygen atoms in total. The summed E-state index contributed by atoms with van der Waals surface area (Å²) in [5.41, 5.74) is 4.46. The highest BCUT2D eigenvalue weighted by Gasteiger charge is 2.18. The molecule has 0 saturated carbocycles. The summed E-state index contributed by atoms with van der Waals surface area (Å²) in [5.74, 6) is -0.211. The van der Waals surface area contributed by atoms with Crippen molar-refractivity contribution in [3.05, 3.63) is 83.0 Å². The average Bonchev–Trinajstić information content (AvgIpc) is 3.18. The van der Waals surface area contributed by atoms with Crippen LogP contribution in [-0.2, 0) is 29.0 Å². The highest BCUT2D eigenvalue weighted by atomic mass is 16.5. The van der Waals surface area contributed by atoms with E-state index < -0.39 is 0 Å². The molecule has 2 aromatic carbocycles. The average molecular weight is 431 g/mol. The third-order valence-corrected chi connectivity index (χ3v) is 5.42. The number of anilines is 1. The molecule has 0 radical (unpaired) electrons. The quantitative estimate of drug-likeness (QED) is 0.462. The van der Waals surface area contributed by atoms with E-state index in [-0.39, 0.29) is 18.0 Å². The van der Waals surface area contributed by atoms with Gasteiger partial charge in [-0.05, 0) is 29.7 Å². The van der Waals surface area contributed by atoms with Crippen molar-refractivity contribution in [2.75, 3.05) is 19.0 Å². The minimum atomic E-state index is -0.211. The number of rotatable bonds is 8. The van der Waals surface area contributed by atoms with Crippen molar-refractivity contribution in [2.24, 2.45) is 0 Å². The van der Waals surface area contributed by atoms with Gasteiger partial charge >= 0.3 is 0 Å². The van der Waals surface area contributed by atoms with E-state index in [1.807, 2.05) is 60.8 Å². The largest absolute Gasteiger partial charge is 0.383 e. The fraction of sp³-hybridized carbons (Fsp3) is 0.240. The van der Waals surface area contributed by atoms with Crippen LogP contribution in [0.2, 0.25) is 0 Å². The van der Waals surface area contributed by atoms with Gasteiger partial charge in [0.05, 0.1) is 19.5 Å². The van der Waals surface area contributed by atoms with E-state index >= 15 is 0 Å². The molecule has 4 aromatic rings. The van der Waals surface area contributed by atoms with Gasteiger partial charge in [0.1, 0.15) is 17.6 Å². The Morgan fingerprint density at radius 2 is 1.81 bits per heavy atom. The molecule has 0 bridgehead atoms. The SMILES string of the molecule is CCc1ccc(NC(=O)Cn2cc(-c3ccccc3)c3ncn(CCOC)c(=O)c32)cc1. The lowest BCUT2D eigenvalue weighted by Crippen LogP contribution is -2.26. The molecule has 0 aliphatic rings. The standard InChI is InChI=1S/C25H26N4O3/c1-3-18-9-11-20(12-10-18)27-22(30)16-29-15-21(19-7-5-4-6-8-19)23-24(29)25(31)28(17-26-23)13-14-32-2/h4-12,15,17H,3,13-14,16H2,1-2H3,(H,27,30). The Hall–Kier alpha value is -3.71. The molecular formula is C25H26N4O3. The highest BCUT2D eigenvalue weighted by molar-refractivity contribution is 5.95. The van der Waals surface area contributed by atoms with E-state index in [0.29, 0.717) is 24.2 Å². The van der Waals surface area contributed by atoms with Crippen molar-refractivity contribution in [3.8, 4) is 11.1 Å². The van der Waals surface area contributed by atoms with Crippen LogP contribution in [0.3, 0.4) is 0 Å².